The highest BCUT2D eigenvalue weighted by Gasteiger charge is 2.41. The Morgan fingerprint density at radius 3 is 2.83 bits per heavy atom. The van der Waals surface area contributed by atoms with E-state index in [4.69, 9.17) is 4.52 Å². The molecule has 2 amide bonds. The summed E-state index contributed by atoms with van der Waals surface area (Å²) >= 11 is 0. The summed E-state index contributed by atoms with van der Waals surface area (Å²) in [5, 5.41) is 9.36. The van der Waals surface area contributed by atoms with Crippen LogP contribution in [0.1, 0.15) is 45.7 Å². The highest BCUT2D eigenvalue weighted by Crippen LogP contribution is 2.46. The Kier molecular flexibility index (Phi) is 4.90. The number of hydrogen-bond donors (Lipinski definition) is 2. The highest BCUT2D eigenvalue weighted by atomic mass is 16.5. The number of nitrogens with zero attached hydrogens (tertiary/aromatic N) is 2. The predicted molar refractivity (Wildman–Crippen MR) is 85.9 cm³/mol. The van der Waals surface area contributed by atoms with Crippen molar-refractivity contribution in [2.75, 3.05) is 11.9 Å². The van der Waals surface area contributed by atoms with Gasteiger partial charge in [0.1, 0.15) is 0 Å². The summed E-state index contributed by atoms with van der Waals surface area (Å²) in [6, 6.07) is 1.35. The van der Waals surface area contributed by atoms with Crippen molar-refractivity contribution in [3.63, 3.8) is 0 Å². The van der Waals surface area contributed by atoms with Crippen LogP contribution in [0.15, 0.2) is 15.6 Å². The molecular weight excluding hydrogens is 296 g/mol. The van der Waals surface area contributed by atoms with Crippen LogP contribution in [0.25, 0.3) is 0 Å². The van der Waals surface area contributed by atoms with E-state index in [-0.39, 0.29) is 22.9 Å². The van der Waals surface area contributed by atoms with Crippen LogP contribution in [0, 0.1) is 17.8 Å². The number of urea groups is 1. The number of isocyanates is 1. The zero-order valence-corrected chi connectivity index (χ0v) is 14.1. The summed E-state index contributed by atoms with van der Waals surface area (Å²) in [5.41, 5.74) is 0.643. The first-order chi connectivity index (χ1) is 10.7. The third-order valence-electron chi connectivity index (χ3n) is 4.17. The third-order valence-corrected chi connectivity index (χ3v) is 4.17. The summed E-state index contributed by atoms with van der Waals surface area (Å²) < 4.78 is 4.98. The molecule has 1 fully saturated rings. The van der Waals surface area contributed by atoms with Gasteiger partial charge in [0.2, 0.25) is 12.0 Å². The lowest BCUT2D eigenvalue weighted by atomic mass is 9.62. The van der Waals surface area contributed by atoms with Gasteiger partial charge in [0.25, 0.3) is 0 Å². The van der Waals surface area contributed by atoms with Gasteiger partial charge in [-0.25, -0.2) is 14.6 Å². The van der Waals surface area contributed by atoms with Crippen LogP contribution < -0.4 is 10.6 Å². The summed E-state index contributed by atoms with van der Waals surface area (Å²) in [6.07, 6.45) is 4.20. The summed E-state index contributed by atoms with van der Waals surface area (Å²) in [5.74, 6) is 0.323. The molecule has 0 aliphatic heterocycles. The van der Waals surface area contributed by atoms with E-state index in [1.165, 1.54) is 0 Å². The molecule has 0 spiro atoms. The molecule has 126 valence electrons. The van der Waals surface area contributed by atoms with Gasteiger partial charge in [-0.3, -0.25) is 5.32 Å². The first-order valence-electron chi connectivity index (χ1n) is 7.76. The fourth-order valence-corrected chi connectivity index (χ4v) is 3.84. The average molecular weight is 320 g/mol. The normalized spacial score (nSPS) is 26.2. The Hall–Kier alpha value is -2.14. The Labute approximate surface area is 135 Å². The lowest BCUT2D eigenvalue weighted by molar-refractivity contribution is 0.0815. The highest BCUT2D eigenvalue weighted by molar-refractivity contribution is 5.88. The van der Waals surface area contributed by atoms with Crippen LogP contribution >= 0.6 is 0 Å². The molecule has 0 bridgehead atoms. The lowest BCUT2D eigenvalue weighted by Gasteiger charge is -2.46. The van der Waals surface area contributed by atoms with Gasteiger partial charge in [-0.15, -0.1) is 0 Å². The Balaban J connectivity index is 2.00. The zero-order chi connectivity index (χ0) is 17.1. The van der Waals surface area contributed by atoms with Crippen LogP contribution in [-0.4, -0.2) is 29.9 Å². The molecule has 1 aromatic heterocycles. The van der Waals surface area contributed by atoms with Crippen LogP contribution in [0.3, 0.4) is 0 Å². The molecule has 1 aliphatic carbocycles. The SMILES string of the molecule is Cc1cc(NC(=O)NC2CC(C)(C)CC(C)(CN=C=O)C2)on1. The van der Waals surface area contributed by atoms with Crippen LogP contribution in [0.2, 0.25) is 0 Å². The molecule has 1 saturated carbocycles. The first kappa shape index (κ1) is 17.2. The molecule has 2 rings (SSSR count). The predicted octanol–water partition coefficient (Wildman–Crippen LogP) is 3.03. The quantitative estimate of drug-likeness (QED) is 0.658. The van der Waals surface area contributed by atoms with E-state index in [1.54, 1.807) is 19.1 Å². The average Bonchev–Trinajstić information content (AvgIpc) is 2.79. The molecule has 7 nitrogen and oxygen atoms in total. The van der Waals surface area contributed by atoms with E-state index in [0.29, 0.717) is 18.1 Å². The Morgan fingerprint density at radius 1 is 1.48 bits per heavy atom. The smallest absolute Gasteiger partial charge is 0.321 e. The second-order valence-electron chi connectivity index (χ2n) is 7.60. The summed E-state index contributed by atoms with van der Waals surface area (Å²) in [4.78, 5) is 26.3. The second kappa shape index (κ2) is 6.54. The van der Waals surface area contributed by atoms with Crippen molar-refractivity contribution >= 4 is 18.0 Å². The van der Waals surface area contributed by atoms with Crippen LogP contribution in [0.5, 0.6) is 0 Å². The standard InChI is InChI=1S/C16H24N4O3/c1-11-5-13(23-20-11)19-14(22)18-12-6-15(2,3)8-16(4,7-12)9-17-10-21/h5,12H,6-9H2,1-4H3,(H2,18,19,22). The molecule has 0 radical (unpaired) electrons. The number of carbonyl (C=O) groups is 1. The largest absolute Gasteiger partial charge is 0.338 e. The van der Waals surface area contributed by atoms with E-state index in [9.17, 15) is 9.59 Å². The van der Waals surface area contributed by atoms with Gasteiger partial charge in [0.15, 0.2) is 0 Å². The van der Waals surface area contributed by atoms with Crippen molar-refractivity contribution in [3.05, 3.63) is 11.8 Å². The number of nitrogens with one attached hydrogen (secondary N) is 2. The topological polar surface area (TPSA) is 96.6 Å². The number of aliphatic imine (C=N–C) groups is 1. The fourth-order valence-electron chi connectivity index (χ4n) is 3.84. The number of aryl methyl sites for hydroxylation is 1. The van der Waals surface area contributed by atoms with E-state index < -0.39 is 0 Å². The maximum absolute atomic E-state index is 12.1. The third kappa shape index (κ3) is 4.93. The van der Waals surface area contributed by atoms with Gasteiger partial charge >= 0.3 is 6.03 Å². The van der Waals surface area contributed by atoms with Crippen LogP contribution in [0.4, 0.5) is 10.7 Å². The Bertz CT molecular complexity index is 619. The van der Waals surface area contributed by atoms with E-state index in [1.807, 2.05) is 0 Å². The molecular formula is C16H24N4O3. The van der Waals surface area contributed by atoms with Crippen molar-refractivity contribution in [1.82, 2.24) is 10.5 Å². The molecule has 1 aromatic rings. The minimum Gasteiger partial charge on any atom is -0.338 e. The minimum atomic E-state index is -0.315. The lowest BCUT2D eigenvalue weighted by Crippen LogP contribution is -2.48. The number of anilines is 1. The van der Waals surface area contributed by atoms with Crippen molar-refractivity contribution in [2.24, 2.45) is 15.8 Å². The monoisotopic (exact) mass is 320 g/mol. The number of aromatic nitrogens is 1. The molecule has 1 aliphatic rings. The van der Waals surface area contributed by atoms with Gasteiger partial charge in [-0.1, -0.05) is 25.9 Å². The number of carbonyl (C=O) groups excluding carboxylic acids is 2. The fraction of sp³-hybridized carbons (Fsp3) is 0.688. The Morgan fingerprint density at radius 2 is 2.22 bits per heavy atom. The van der Waals surface area contributed by atoms with E-state index >= 15 is 0 Å². The maximum atomic E-state index is 12.1. The molecule has 7 heteroatoms. The van der Waals surface area contributed by atoms with Gasteiger partial charge in [-0.05, 0) is 37.0 Å². The minimum absolute atomic E-state index is 0.00891. The van der Waals surface area contributed by atoms with Gasteiger partial charge in [-0.2, -0.15) is 0 Å². The van der Waals surface area contributed by atoms with E-state index in [0.717, 1.165) is 19.3 Å². The molecule has 1 heterocycles. The molecule has 0 saturated heterocycles. The number of hydrogen-bond acceptors (Lipinski definition) is 5. The van der Waals surface area contributed by atoms with Crippen LogP contribution in [-0.2, 0) is 4.79 Å². The van der Waals surface area contributed by atoms with Crippen molar-refractivity contribution in [2.45, 2.75) is 53.0 Å². The van der Waals surface area contributed by atoms with Gasteiger partial charge in [0, 0.05) is 12.1 Å². The summed E-state index contributed by atoms with van der Waals surface area (Å²) in [6.45, 7) is 8.65. The molecule has 0 aromatic carbocycles. The van der Waals surface area contributed by atoms with Gasteiger partial charge in [0.05, 0.1) is 12.2 Å². The zero-order valence-electron chi connectivity index (χ0n) is 14.1. The number of rotatable bonds is 4. The van der Waals surface area contributed by atoms with Crippen molar-refractivity contribution in [1.29, 1.82) is 0 Å². The van der Waals surface area contributed by atoms with Gasteiger partial charge < -0.3 is 9.84 Å². The van der Waals surface area contributed by atoms with Crippen molar-refractivity contribution < 1.29 is 14.1 Å². The molecule has 2 unspecified atom stereocenters. The molecule has 23 heavy (non-hydrogen) atoms. The first-order valence-corrected chi connectivity index (χ1v) is 7.76. The van der Waals surface area contributed by atoms with Crippen molar-refractivity contribution in [3.8, 4) is 0 Å². The second-order valence-corrected chi connectivity index (χ2v) is 7.60. The summed E-state index contributed by atoms with van der Waals surface area (Å²) in [7, 11) is 0. The molecule has 2 atom stereocenters. The van der Waals surface area contributed by atoms with E-state index in [2.05, 4.69) is 41.6 Å². The number of amides is 2. The maximum Gasteiger partial charge on any atom is 0.321 e. The molecule has 2 N–H and O–H groups in total.